The Kier molecular flexibility index (Phi) is 10.2. The van der Waals surface area contributed by atoms with E-state index in [9.17, 15) is 24.3 Å². The number of rotatable bonds is 10. The van der Waals surface area contributed by atoms with E-state index < -0.39 is 23.8 Å². The molecule has 7 aromatic rings. The van der Waals surface area contributed by atoms with Crippen LogP contribution in [0.25, 0.3) is 54.6 Å². The maximum atomic E-state index is 13.1. The van der Waals surface area contributed by atoms with Crippen LogP contribution in [-0.4, -0.2) is 36.0 Å². The first-order valence-corrected chi connectivity index (χ1v) is 17.7. The van der Waals surface area contributed by atoms with E-state index in [1.54, 1.807) is 30.4 Å². The molecule has 0 bridgehead atoms. The van der Waals surface area contributed by atoms with Gasteiger partial charge in [-0.3, -0.25) is 9.59 Å². The summed E-state index contributed by atoms with van der Waals surface area (Å²) in [6.45, 7) is 0. The number of methoxy groups -OCH3 is 1. The molecule has 0 fully saturated rings. The Morgan fingerprint density at radius 2 is 0.963 bits per heavy atom. The van der Waals surface area contributed by atoms with E-state index in [4.69, 9.17) is 4.74 Å². The van der Waals surface area contributed by atoms with E-state index in [1.165, 1.54) is 36.7 Å². The normalized spacial score (nSPS) is 11.3. The highest BCUT2D eigenvalue weighted by atomic mass is 32.1. The minimum absolute atomic E-state index is 0.106. The number of aromatic carboxylic acids is 1. The fourth-order valence-electron chi connectivity index (χ4n) is 6.06. The summed E-state index contributed by atoms with van der Waals surface area (Å²) in [6, 6.07) is 41.8. The van der Waals surface area contributed by atoms with Crippen LogP contribution in [-0.2, 0) is 14.3 Å². The van der Waals surface area contributed by atoms with Crippen LogP contribution in [0, 0.1) is 0 Å². The minimum atomic E-state index is -1.23. The number of thiophene rings is 1. The molecule has 0 unspecified atom stereocenters. The lowest BCUT2D eigenvalue weighted by Gasteiger charge is -2.10. The van der Waals surface area contributed by atoms with Crippen molar-refractivity contribution in [2.75, 3.05) is 17.7 Å². The smallest absolute Gasteiger partial charge is 0.339 e. The fraction of sp³-hybridized carbons (Fsp3) is 0.0222. The van der Waals surface area contributed by atoms with Crippen LogP contribution in [0.4, 0.5) is 11.4 Å². The van der Waals surface area contributed by atoms with Gasteiger partial charge in [0, 0.05) is 32.3 Å². The van der Waals surface area contributed by atoms with Crippen molar-refractivity contribution in [1.29, 1.82) is 0 Å². The predicted octanol–water partition coefficient (Wildman–Crippen LogP) is 10.2. The zero-order chi connectivity index (χ0) is 37.6. The van der Waals surface area contributed by atoms with Crippen LogP contribution in [0.1, 0.15) is 31.8 Å². The van der Waals surface area contributed by atoms with Crippen molar-refractivity contribution < 1.29 is 29.0 Å². The van der Waals surface area contributed by atoms with Crippen LogP contribution in [0.15, 0.2) is 146 Å². The average Bonchev–Trinajstić information content (AvgIpc) is 3.55. The van der Waals surface area contributed by atoms with Crippen molar-refractivity contribution >= 4 is 78.8 Å². The predicted molar refractivity (Wildman–Crippen MR) is 217 cm³/mol. The van der Waals surface area contributed by atoms with Crippen molar-refractivity contribution in [2.24, 2.45) is 0 Å². The van der Waals surface area contributed by atoms with E-state index in [0.717, 1.165) is 33.4 Å². The number of benzene rings is 6. The molecule has 0 saturated heterocycles. The summed E-state index contributed by atoms with van der Waals surface area (Å²) in [7, 11) is 1.24. The molecule has 0 radical (unpaired) electrons. The highest BCUT2D eigenvalue weighted by Crippen LogP contribution is 2.40. The number of hydrogen-bond acceptors (Lipinski definition) is 6. The van der Waals surface area contributed by atoms with Crippen molar-refractivity contribution in [1.82, 2.24) is 0 Å². The Hall–Kier alpha value is -7.10. The molecule has 0 aliphatic carbocycles. The summed E-state index contributed by atoms with van der Waals surface area (Å²) in [5.74, 6) is -2.85. The van der Waals surface area contributed by atoms with Gasteiger partial charge in [-0.25, -0.2) is 9.59 Å². The lowest BCUT2D eigenvalue weighted by molar-refractivity contribution is -0.112. The minimum Gasteiger partial charge on any atom is -0.478 e. The number of ether oxygens (including phenoxy) is 1. The number of fused-ring (bicyclic) bond motifs is 3. The maximum absolute atomic E-state index is 13.1. The first-order valence-electron chi connectivity index (χ1n) is 16.9. The molecule has 0 atom stereocenters. The van der Waals surface area contributed by atoms with Gasteiger partial charge in [-0.1, -0.05) is 109 Å². The van der Waals surface area contributed by atoms with E-state index in [2.05, 4.69) is 10.6 Å². The summed E-state index contributed by atoms with van der Waals surface area (Å²) in [6.07, 6.45) is 6.07. The highest BCUT2D eigenvalue weighted by molar-refractivity contribution is 7.25. The van der Waals surface area contributed by atoms with Gasteiger partial charge >= 0.3 is 11.9 Å². The molecule has 264 valence electrons. The van der Waals surface area contributed by atoms with Gasteiger partial charge in [0.2, 0.25) is 11.8 Å². The summed E-state index contributed by atoms with van der Waals surface area (Å²) in [5, 5.41) is 16.8. The lowest BCUT2D eigenvalue weighted by Crippen LogP contribution is -2.13. The van der Waals surface area contributed by atoms with Crippen LogP contribution in [0.5, 0.6) is 0 Å². The van der Waals surface area contributed by atoms with Gasteiger partial charge in [-0.05, 0) is 69.8 Å². The second-order valence-electron chi connectivity index (χ2n) is 12.3. The molecule has 8 nitrogen and oxygen atoms in total. The number of nitrogens with one attached hydrogen (secondary N) is 2. The average molecular weight is 729 g/mol. The van der Waals surface area contributed by atoms with E-state index in [1.807, 2.05) is 109 Å². The Morgan fingerprint density at radius 3 is 1.39 bits per heavy atom. The molecule has 2 amide bonds. The maximum Gasteiger partial charge on any atom is 0.339 e. The topological polar surface area (TPSA) is 122 Å². The number of carboxylic acids is 1. The molecule has 0 aliphatic heterocycles. The molecule has 54 heavy (non-hydrogen) atoms. The molecular weight excluding hydrogens is 697 g/mol. The Balaban J connectivity index is 1.12. The van der Waals surface area contributed by atoms with Crippen molar-refractivity contribution in [3.05, 3.63) is 168 Å². The van der Waals surface area contributed by atoms with Crippen molar-refractivity contribution in [3.8, 4) is 22.3 Å². The van der Waals surface area contributed by atoms with Gasteiger partial charge in [0.1, 0.15) is 0 Å². The molecule has 0 saturated carbocycles. The first-order chi connectivity index (χ1) is 26.2. The zero-order valence-electron chi connectivity index (χ0n) is 28.9. The van der Waals surface area contributed by atoms with Crippen LogP contribution in [0.2, 0.25) is 0 Å². The number of anilines is 2. The van der Waals surface area contributed by atoms with Crippen LogP contribution < -0.4 is 10.6 Å². The van der Waals surface area contributed by atoms with Crippen molar-refractivity contribution in [2.45, 2.75) is 0 Å². The van der Waals surface area contributed by atoms with Gasteiger partial charge in [-0.2, -0.15) is 0 Å². The van der Waals surface area contributed by atoms with E-state index in [0.29, 0.717) is 20.2 Å². The third kappa shape index (κ3) is 7.86. The van der Waals surface area contributed by atoms with Crippen LogP contribution in [0.3, 0.4) is 0 Å². The fourth-order valence-corrected chi connectivity index (χ4v) is 7.21. The SMILES string of the molecule is COC(=O)c1cc2c(cc1NC(=O)C=Cc1ccc(-c3ccccc3)cc1)sc1cc(NC(=O)C=Cc3ccc(-c4ccccc4)cc3)c(C(=O)O)cc12. The molecule has 0 spiro atoms. The van der Waals surface area contributed by atoms with Gasteiger partial charge in [0.15, 0.2) is 0 Å². The monoisotopic (exact) mass is 728 g/mol. The summed E-state index contributed by atoms with van der Waals surface area (Å²) in [5.41, 5.74) is 6.26. The molecular formula is C45H32N2O6S. The van der Waals surface area contributed by atoms with Gasteiger partial charge in [-0.15, -0.1) is 11.3 Å². The Morgan fingerprint density at radius 1 is 0.556 bits per heavy atom. The molecule has 0 aliphatic rings. The molecule has 6 aromatic carbocycles. The quantitative estimate of drug-likeness (QED) is 0.0952. The Bertz CT molecular complexity index is 2590. The van der Waals surface area contributed by atoms with Crippen molar-refractivity contribution in [3.63, 3.8) is 0 Å². The standard InChI is InChI=1S/C45H32N2O6S/c1-53-45(52)37-25-35-34-24-36(44(50)51)38(46-42(48)22-16-28-12-18-32(19-13-28)30-8-4-2-5-9-30)26-40(34)54-41(35)27-39(37)47-43(49)23-17-29-14-20-33(21-15-29)31-10-6-3-7-11-31/h2-27H,1H3,(H,46,48)(H,47,49)(H,50,51). The van der Waals surface area contributed by atoms with Crippen LogP contribution >= 0.6 is 11.3 Å². The molecule has 3 N–H and O–H groups in total. The number of carbonyl (C=O) groups is 4. The second-order valence-corrected chi connectivity index (χ2v) is 13.4. The molecule has 1 aromatic heterocycles. The molecule has 9 heteroatoms. The van der Waals surface area contributed by atoms with Gasteiger partial charge in [0.05, 0.1) is 29.6 Å². The van der Waals surface area contributed by atoms with E-state index >= 15 is 0 Å². The summed E-state index contributed by atoms with van der Waals surface area (Å²) >= 11 is 1.33. The highest BCUT2D eigenvalue weighted by Gasteiger charge is 2.20. The largest absolute Gasteiger partial charge is 0.478 e. The zero-order valence-corrected chi connectivity index (χ0v) is 29.7. The summed E-state index contributed by atoms with van der Waals surface area (Å²) < 4.78 is 6.38. The van der Waals surface area contributed by atoms with E-state index in [-0.39, 0.29) is 22.5 Å². The lowest BCUT2D eigenvalue weighted by atomic mass is 10.0. The first kappa shape index (κ1) is 35.3. The number of esters is 1. The number of hydrogen-bond donors (Lipinski definition) is 3. The third-order valence-corrected chi connectivity index (χ3v) is 9.91. The second kappa shape index (κ2) is 15.6. The number of carboxylic acid groups (broad SMARTS) is 1. The van der Waals surface area contributed by atoms with Gasteiger partial charge < -0.3 is 20.5 Å². The third-order valence-electron chi connectivity index (χ3n) is 8.79. The number of carbonyl (C=O) groups excluding carboxylic acids is 3. The molecule has 1 heterocycles. The molecule has 7 rings (SSSR count). The number of amides is 2. The Labute approximate surface area is 314 Å². The van der Waals surface area contributed by atoms with Gasteiger partial charge in [0.25, 0.3) is 0 Å². The summed E-state index contributed by atoms with van der Waals surface area (Å²) in [4.78, 5) is 51.4.